The molecule has 0 fully saturated rings. The molecule has 0 spiro atoms. The zero-order valence-electron chi connectivity index (χ0n) is 34.0. The molecule has 0 saturated heterocycles. The Morgan fingerprint density at radius 2 is 0.812 bits per heavy atom. The summed E-state index contributed by atoms with van der Waals surface area (Å²) in [4.78, 5) is 21.2. The number of nitrogens with zero attached hydrogens (tertiary/aromatic N) is 6. The van der Waals surface area contributed by atoms with Crippen molar-refractivity contribution in [2.75, 3.05) is 0 Å². The van der Waals surface area contributed by atoms with E-state index in [2.05, 4.69) is 112 Å². The molecule has 0 radical (unpaired) electrons. The van der Waals surface area contributed by atoms with Crippen LogP contribution in [0.4, 0.5) is 0 Å². The summed E-state index contributed by atoms with van der Waals surface area (Å²) in [5.41, 5.74) is 10.7. The summed E-state index contributed by atoms with van der Waals surface area (Å²) in [5.74, 6) is 2.30. The zero-order valence-corrected chi connectivity index (χ0v) is 34.0. The average Bonchev–Trinajstić information content (AvgIpc) is 4.12. The van der Waals surface area contributed by atoms with Crippen molar-refractivity contribution in [1.82, 2.24) is 29.1 Å². The highest BCUT2D eigenvalue weighted by Gasteiger charge is 2.25. The molecule has 0 amide bonds. The predicted octanol–water partition coefficient (Wildman–Crippen LogP) is 14.3. The summed E-state index contributed by atoms with van der Waals surface area (Å²) < 4.78 is 17.9. The van der Waals surface area contributed by atoms with Gasteiger partial charge < -0.3 is 13.4 Å². The standard InChI is InChI=1S/C56H32N6O2/c1-3-15-33(16-4-1)53-58-54(34-17-5-2-6-18-34)60-55(59-53)42-31-35(61-43-23-11-7-21-40(43)49-45(61)29-27-38-36-19-9-13-25-47(36)63-51(38)49)32-57-56(42)62-44-24-12-8-22-41(44)50-46(62)30-28-39-37-20-10-14-26-48(37)64-52(39)50/h1-32H. The van der Waals surface area contributed by atoms with Crippen molar-refractivity contribution < 1.29 is 8.83 Å². The van der Waals surface area contributed by atoms with Crippen molar-refractivity contribution in [1.29, 1.82) is 0 Å². The van der Waals surface area contributed by atoms with E-state index in [0.29, 0.717) is 23.3 Å². The van der Waals surface area contributed by atoms with E-state index in [9.17, 15) is 0 Å². The van der Waals surface area contributed by atoms with Crippen LogP contribution in [0.2, 0.25) is 0 Å². The molecule has 0 atom stereocenters. The Morgan fingerprint density at radius 1 is 0.359 bits per heavy atom. The van der Waals surface area contributed by atoms with Gasteiger partial charge in [-0.25, -0.2) is 19.9 Å². The fourth-order valence-corrected chi connectivity index (χ4v) is 9.82. The second-order valence-corrected chi connectivity index (χ2v) is 16.2. The predicted molar refractivity (Wildman–Crippen MR) is 257 cm³/mol. The largest absolute Gasteiger partial charge is 0.455 e. The molecule has 8 heteroatoms. The molecule has 0 aliphatic heterocycles. The van der Waals surface area contributed by atoms with Gasteiger partial charge in [-0.15, -0.1) is 0 Å². The molecule has 14 rings (SSSR count). The van der Waals surface area contributed by atoms with Gasteiger partial charge in [0.2, 0.25) is 0 Å². The topological polar surface area (TPSA) is 87.7 Å². The van der Waals surface area contributed by atoms with E-state index in [1.165, 1.54) is 0 Å². The molecular formula is C56H32N6O2. The van der Waals surface area contributed by atoms with Gasteiger partial charge in [0.15, 0.2) is 17.5 Å². The van der Waals surface area contributed by atoms with Crippen molar-refractivity contribution in [2.24, 2.45) is 0 Å². The Balaban J connectivity index is 1.10. The minimum atomic E-state index is 0.494. The van der Waals surface area contributed by atoms with Gasteiger partial charge in [0.1, 0.15) is 28.1 Å². The summed E-state index contributed by atoms with van der Waals surface area (Å²) in [5, 5.41) is 8.53. The number of pyridine rings is 1. The Hall–Kier alpha value is -8.88. The smallest absolute Gasteiger partial charge is 0.167 e. The van der Waals surface area contributed by atoms with Crippen LogP contribution in [0.5, 0.6) is 0 Å². The molecule has 6 heterocycles. The van der Waals surface area contributed by atoms with Crippen LogP contribution >= 0.6 is 0 Å². The third-order valence-electron chi connectivity index (χ3n) is 12.6. The van der Waals surface area contributed by atoms with E-state index in [-0.39, 0.29) is 0 Å². The summed E-state index contributed by atoms with van der Waals surface area (Å²) in [6, 6.07) is 64.5. The van der Waals surface area contributed by atoms with E-state index in [4.69, 9.17) is 28.8 Å². The van der Waals surface area contributed by atoms with Crippen LogP contribution in [-0.4, -0.2) is 29.1 Å². The highest BCUT2D eigenvalue weighted by molar-refractivity contribution is 6.25. The van der Waals surface area contributed by atoms with Crippen LogP contribution in [0.25, 0.3) is 133 Å². The van der Waals surface area contributed by atoms with Gasteiger partial charge in [-0.3, -0.25) is 4.57 Å². The second kappa shape index (κ2) is 13.3. The molecule has 6 aromatic heterocycles. The maximum Gasteiger partial charge on any atom is 0.167 e. The summed E-state index contributed by atoms with van der Waals surface area (Å²) in [6.07, 6.45) is 1.96. The maximum atomic E-state index is 6.69. The van der Waals surface area contributed by atoms with E-state index in [1.807, 2.05) is 91.1 Å². The molecule has 0 unspecified atom stereocenters. The number of hydrogen-bond acceptors (Lipinski definition) is 6. The van der Waals surface area contributed by atoms with E-state index in [0.717, 1.165) is 110 Å². The highest BCUT2D eigenvalue weighted by Crippen LogP contribution is 2.44. The van der Waals surface area contributed by atoms with Crippen LogP contribution in [0.3, 0.4) is 0 Å². The van der Waals surface area contributed by atoms with Gasteiger partial charge in [0, 0.05) is 43.4 Å². The number of benzene rings is 8. The van der Waals surface area contributed by atoms with Gasteiger partial charge in [0.05, 0.1) is 50.3 Å². The van der Waals surface area contributed by atoms with Crippen LogP contribution in [0.1, 0.15) is 0 Å². The molecule has 0 saturated carbocycles. The van der Waals surface area contributed by atoms with Crippen molar-refractivity contribution in [3.8, 4) is 45.7 Å². The number of fused-ring (bicyclic) bond motifs is 14. The molecule has 8 aromatic carbocycles. The van der Waals surface area contributed by atoms with Crippen LogP contribution in [0, 0.1) is 0 Å². The fourth-order valence-electron chi connectivity index (χ4n) is 9.82. The summed E-state index contributed by atoms with van der Waals surface area (Å²) >= 11 is 0. The lowest BCUT2D eigenvalue weighted by molar-refractivity contribution is 0.672. The van der Waals surface area contributed by atoms with Gasteiger partial charge in [-0.2, -0.15) is 0 Å². The summed E-state index contributed by atoms with van der Waals surface area (Å²) in [6.45, 7) is 0. The lowest BCUT2D eigenvalue weighted by Crippen LogP contribution is -2.07. The van der Waals surface area contributed by atoms with E-state index < -0.39 is 0 Å². The Labute approximate surface area is 363 Å². The number of rotatable bonds is 5. The Kier molecular flexibility index (Phi) is 7.23. The first-order valence-electron chi connectivity index (χ1n) is 21.3. The monoisotopic (exact) mass is 820 g/mol. The van der Waals surface area contributed by atoms with Crippen molar-refractivity contribution in [3.05, 3.63) is 194 Å². The molecule has 64 heavy (non-hydrogen) atoms. The first kappa shape index (κ1) is 34.8. The Bertz CT molecular complexity index is 4140. The van der Waals surface area contributed by atoms with E-state index in [1.54, 1.807) is 0 Å². The molecule has 0 bridgehead atoms. The molecule has 8 nitrogen and oxygen atoms in total. The molecule has 298 valence electrons. The lowest BCUT2D eigenvalue weighted by Gasteiger charge is -2.16. The Morgan fingerprint density at radius 3 is 1.38 bits per heavy atom. The first-order chi connectivity index (χ1) is 31.7. The quantitative estimate of drug-likeness (QED) is 0.172. The normalized spacial score (nSPS) is 12.1. The van der Waals surface area contributed by atoms with Crippen molar-refractivity contribution in [3.63, 3.8) is 0 Å². The van der Waals surface area contributed by atoms with E-state index >= 15 is 0 Å². The third kappa shape index (κ3) is 4.99. The SMILES string of the molecule is c1ccc(-c2nc(-c3ccccc3)nc(-c3cc(-n4c5ccccc5c5c6oc7ccccc7c6ccc54)cnc3-n3c4ccccc4c4c5oc6ccccc6c5ccc43)n2)cc1. The molecule has 14 aromatic rings. The third-order valence-corrected chi connectivity index (χ3v) is 12.6. The minimum Gasteiger partial charge on any atom is -0.455 e. The molecule has 0 aliphatic carbocycles. The number of hydrogen-bond donors (Lipinski definition) is 0. The van der Waals surface area contributed by atoms with Crippen LogP contribution in [0.15, 0.2) is 203 Å². The van der Waals surface area contributed by atoms with Gasteiger partial charge >= 0.3 is 0 Å². The molecule has 0 N–H and O–H groups in total. The lowest BCUT2D eigenvalue weighted by atomic mass is 10.1. The van der Waals surface area contributed by atoms with Gasteiger partial charge in [0.25, 0.3) is 0 Å². The first-order valence-corrected chi connectivity index (χ1v) is 21.3. The maximum absolute atomic E-state index is 6.69. The summed E-state index contributed by atoms with van der Waals surface area (Å²) in [7, 11) is 0. The number of aromatic nitrogens is 6. The number of para-hydroxylation sites is 4. The van der Waals surface area contributed by atoms with Crippen molar-refractivity contribution >= 4 is 87.5 Å². The zero-order chi connectivity index (χ0) is 41.9. The molecular weight excluding hydrogens is 789 g/mol. The highest BCUT2D eigenvalue weighted by atomic mass is 16.3. The fraction of sp³-hybridized carbons (Fsp3) is 0. The van der Waals surface area contributed by atoms with Crippen LogP contribution in [-0.2, 0) is 0 Å². The van der Waals surface area contributed by atoms with Gasteiger partial charge in [-0.1, -0.05) is 133 Å². The average molecular weight is 821 g/mol. The number of furan rings is 2. The van der Waals surface area contributed by atoms with Crippen molar-refractivity contribution in [2.45, 2.75) is 0 Å². The molecule has 0 aliphatic rings. The van der Waals surface area contributed by atoms with Crippen LogP contribution < -0.4 is 0 Å². The van der Waals surface area contributed by atoms with Gasteiger partial charge in [-0.05, 0) is 54.6 Å². The second-order valence-electron chi connectivity index (χ2n) is 16.2. The minimum absolute atomic E-state index is 0.494.